The number of aromatic nitrogens is 2. The van der Waals surface area contributed by atoms with Gasteiger partial charge in [-0.3, -0.25) is 14.6 Å². The Morgan fingerprint density at radius 1 is 1.20 bits per heavy atom. The number of aryl methyl sites for hydroxylation is 1. The zero-order chi connectivity index (χ0) is 17.4. The molecule has 4 rings (SSSR count). The van der Waals surface area contributed by atoms with Crippen LogP contribution in [0.3, 0.4) is 0 Å². The van der Waals surface area contributed by atoms with Crippen LogP contribution in [0.4, 0.5) is 4.79 Å². The monoisotopic (exact) mass is 341 g/mol. The van der Waals surface area contributed by atoms with E-state index in [0.717, 1.165) is 13.1 Å². The lowest BCUT2D eigenvalue weighted by molar-refractivity contribution is -0.131. The minimum atomic E-state index is -0.836. The number of hydrogen-bond acceptors (Lipinski definition) is 6. The molecule has 2 saturated heterocycles. The van der Waals surface area contributed by atoms with Crippen LogP contribution < -0.4 is 5.32 Å². The molecule has 0 aliphatic carbocycles. The van der Waals surface area contributed by atoms with Gasteiger partial charge in [-0.25, -0.2) is 9.42 Å². The Morgan fingerprint density at radius 3 is 2.72 bits per heavy atom. The van der Waals surface area contributed by atoms with Crippen molar-refractivity contribution in [3.63, 3.8) is 0 Å². The largest absolute Gasteiger partial charge is 0.325 e. The summed E-state index contributed by atoms with van der Waals surface area (Å²) in [6, 6.07) is 9.72. The van der Waals surface area contributed by atoms with Crippen LogP contribution in [0.25, 0.3) is 0 Å². The molecule has 0 saturated carbocycles. The first kappa shape index (κ1) is 15.8. The zero-order valence-corrected chi connectivity index (χ0v) is 13.9. The number of likely N-dealkylation sites (tertiary alicyclic amines) is 1. The van der Waals surface area contributed by atoms with Gasteiger partial charge in [0.1, 0.15) is 16.9 Å². The number of rotatable bonds is 4. The van der Waals surface area contributed by atoms with Crippen LogP contribution >= 0.6 is 0 Å². The predicted octanol–water partition coefficient (Wildman–Crippen LogP) is 1.07. The number of amides is 3. The summed E-state index contributed by atoms with van der Waals surface area (Å²) in [4.78, 5) is 28.7. The number of carbonyl (C=O) groups excluding carboxylic acids is 2. The van der Waals surface area contributed by atoms with Gasteiger partial charge in [-0.15, -0.1) is 0 Å². The number of hydrogen-bond donors (Lipinski definition) is 1. The van der Waals surface area contributed by atoms with Crippen LogP contribution in [0.15, 0.2) is 35.0 Å². The van der Waals surface area contributed by atoms with E-state index in [-0.39, 0.29) is 18.5 Å². The Labute approximate surface area is 144 Å². The molecule has 3 amide bonds. The number of benzene rings is 1. The molecular weight excluding hydrogens is 322 g/mol. The zero-order valence-electron chi connectivity index (χ0n) is 13.9. The van der Waals surface area contributed by atoms with E-state index in [0.29, 0.717) is 24.4 Å². The molecule has 1 unspecified atom stereocenters. The summed E-state index contributed by atoms with van der Waals surface area (Å²) in [7, 11) is 0. The molecule has 2 aliphatic heterocycles. The van der Waals surface area contributed by atoms with E-state index < -0.39 is 5.54 Å². The first-order valence-electron chi connectivity index (χ1n) is 8.26. The predicted molar refractivity (Wildman–Crippen MR) is 87.2 cm³/mol. The molecule has 1 aromatic heterocycles. The van der Waals surface area contributed by atoms with E-state index in [4.69, 9.17) is 0 Å². The maximum atomic E-state index is 12.9. The molecule has 1 N–H and O–H groups in total. The van der Waals surface area contributed by atoms with Gasteiger partial charge in [0.15, 0.2) is 0 Å². The Hall–Kier alpha value is -2.74. The fraction of sp³-hybridized carbons (Fsp3) is 0.412. The molecule has 3 heterocycles. The molecule has 130 valence electrons. The fourth-order valence-corrected chi connectivity index (χ4v) is 3.50. The molecule has 1 spiro atoms. The smallest absolute Gasteiger partial charge is 0.322 e. The SMILES string of the molecule is Cc1nonc1CN1C(=O)NC2(CCN(Cc3ccccc3)C2)C1=O. The highest BCUT2D eigenvalue weighted by molar-refractivity contribution is 6.07. The summed E-state index contributed by atoms with van der Waals surface area (Å²) in [6.45, 7) is 3.86. The Morgan fingerprint density at radius 2 is 2.00 bits per heavy atom. The summed E-state index contributed by atoms with van der Waals surface area (Å²) in [5.41, 5.74) is 1.44. The van der Waals surface area contributed by atoms with E-state index in [9.17, 15) is 9.59 Å². The van der Waals surface area contributed by atoms with Crippen molar-refractivity contribution in [3.05, 3.63) is 47.3 Å². The van der Waals surface area contributed by atoms with E-state index >= 15 is 0 Å². The van der Waals surface area contributed by atoms with Crippen molar-refractivity contribution in [2.24, 2.45) is 0 Å². The molecule has 0 bridgehead atoms. The summed E-state index contributed by atoms with van der Waals surface area (Å²) in [5.74, 6) is -0.199. The third kappa shape index (κ3) is 2.78. The first-order chi connectivity index (χ1) is 12.1. The van der Waals surface area contributed by atoms with Gasteiger partial charge in [0.05, 0.1) is 6.54 Å². The third-order valence-corrected chi connectivity index (χ3v) is 4.90. The summed E-state index contributed by atoms with van der Waals surface area (Å²) < 4.78 is 4.65. The molecule has 2 aromatic rings. The average molecular weight is 341 g/mol. The quantitative estimate of drug-likeness (QED) is 0.837. The van der Waals surface area contributed by atoms with Gasteiger partial charge in [0.2, 0.25) is 0 Å². The Bertz CT molecular complexity index is 806. The molecule has 8 heteroatoms. The molecule has 0 radical (unpaired) electrons. The molecule has 25 heavy (non-hydrogen) atoms. The minimum absolute atomic E-state index is 0.0838. The molecule has 1 aromatic carbocycles. The van der Waals surface area contributed by atoms with E-state index in [1.54, 1.807) is 6.92 Å². The summed E-state index contributed by atoms with van der Waals surface area (Å²) in [5, 5.41) is 10.3. The highest BCUT2D eigenvalue weighted by atomic mass is 16.6. The lowest BCUT2D eigenvalue weighted by Crippen LogP contribution is -2.49. The van der Waals surface area contributed by atoms with Crippen molar-refractivity contribution in [1.82, 2.24) is 25.4 Å². The van der Waals surface area contributed by atoms with Gasteiger partial charge >= 0.3 is 6.03 Å². The van der Waals surface area contributed by atoms with Gasteiger partial charge < -0.3 is 5.32 Å². The first-order valence-corrected chi connectivity index (χ1v) is 8.26. The maximum Gasteiger partial charge on any atom is 0.325 e. The van der Waals surface area contributed by atoms with Crippen molar-refractivity contribution >= 4 is 11.9 Å². The third-order valence-electron chi connectivity index (χ3n) is 4.90. The standard InChI is InChI=1S/C17H19N5O3/c1-12-14(20-25-19-12)10-22-15(23)17(18-16(22)24)7-8-21(11-17)9-13-5-3-2-4-6-13/h2-6H,7-11H2,1H3,(H,18,24). The lowest BCUT2D eigenvalue weighted by Gasteiger charge is -2.22. The second-order valence-electron chi connectivity index (χ2n) is 6.65. The van der Waals surface area contributed by atoms with Crippen molar-refractivity contribution < 1.29 is 14.2 Å². The van der Waals surface area contributed by atoms with Crippen molar-refractivity contribution in [3.8, 4) is 0 Å². The lowest BCUT2D eigenvalue weighted by atomic mass is 9.99. The number of nitrogens with zero attached hydrogens (tertiary/aromatic N) is 4. The molecule has 2 fully saturated rings. The van der Waals surface area contributed by atoms with Crippen LogP contribution in [-0.2, 0) is 17.9 Å². The van der Waals surface area contributed by atoms with Crippen LogP contribution in [-0.4, -0.2) is 50.7 Å². The van der Waals surface area contributed by atoms with Gasteiger partial charge in [0, 0.05) is 19.6 Å². The second kappa shape index (κ2) is 5.96. The van der Waals surface area contributed by atoms with Crippen molar-refractivity contribution in [2.45, 2.75) is 32.0 Å². The van der Waals surface area contributed by atoms with Crippen LogP contribution in [0.2, 0.25) is 0 Å². The van der Waals surface area contributed by atoms with E-state index in [1.165, 1.54) is 10.5 Å². The van der Waals surface area contributed by atoms with Gasteiger partial charge in [-0.1, -0.05) is 40.6 Å². The highest BCUT2D eigenvalue weighted by Gasteiger charge is 2.54. The average Bonchev–Trinajstić information content (AvgIpc) is 3.25. The normalized spacial score (nSPS) is 23.6. The topological polar surface area (TPSA) is 91.6 Å². The Balaban J connectivity index is 1.47. The number of carbonyl (C=O) groups is 2. The molecule has 1 atom stereocenters. The number of nitrogens with one attached hydrogen (secondary N) is 1. The van der Waals surface area contributed by atoms with Crippen molar-refractivity contribution in [1.29, 1.82) is 0 Å². The Kier molecular flexibility index (Phi) is 3.76. The number of imide groups is 1. The van der Waals surface area contributed by atoms with E-state index in [2.05, 4.69) is 37.3 Å². The molecule has 8 nitrogen and oxygen atoms in total. The van der Waals surface area contributed by atoms with Crippen LogP contribution in [0, 0.1) is 6.92 Å². The summed E-state index contributed by atoms with van der Waals surface area (Å²) in [6.07, 6.45) is 0.608. The minimum Gasteiger partial charge on any atom is -0.322 e. The van der Waals surface area contributed by atoms with Crippen molar-refractivity contribution in [2.75, 3.05) is 13.1 Å². The van der Waals surface area contributed by atoms with Gasteiger partial charge in [-0.2, -0.15) is 0 Å². The highest BCUT2D eigenvalue weighted by Crippen LogP contribution is 2.30. The van der Waals surface area contributed by atoms with Gasteiger partial charge in [0.25, 0.3) is 5.91 Å². The second-order valence-corrected chi connectivity index (χ2v) is 6.65. The molecular formula is C17H19N5O3. The van der Waals surface area contributed by atoms with E-state index in [1.807, 2.05) is 18.2 Å². The van der Waals surface area contributed by atoms with Crippen LogP contribution in [0.5, 0.6) is 0 Å². The molecule has 2 aliphatic rings. The van der Waals surface area contributed by atoms with Crippen LogP contribution in [0.1, 0.15) is 23.4 Å². The summed E-state index contributed by atoms with van der Waals surface area (Å²) >= 11 is 0. The number of urea groups is 1. The maximum absolute atomic E-state index is 12.9. The van der Waals surface area contributed by atoms with Gasteiger partial charge in [-0.05, 0) is 18.9 Å². The fourth-order valence-electron chi connectivity index (χ4n) is 3.50.